The first-order valence-electron chi connectivity index (χ1n) is 10.9. The molecule has 0 aliphatic carbocycles. The van der Waals surface area contributed by atoms with Crippen LogP contribution in [-0.2, 0) is 29.7 Å². The Balaban J connectivity index is 1.24. The molecule has 0 spiro atoms. The first-order chi connectivity index (χ1) is 14.2. The summed E-state index contributed by atoms with van der Waals surface area (Å²) in [6.45, 7) is 7.17. The third-order valence-electron chi connectivity index (χ3n) is 6.38. The average Bonchev–Trinajstić information content (AvgIpc) is 3.36. The smallest absolute Gasteiger partial charge is 0.275 e. The summed E-state index contributed by atoms with van der Waals surface area (Å²) in [6.07, 6.45) is 4.44. The van der Waals surface area contributed by atoms with Gasteiger partial charge >= 0.3 is 0 Å². The Labute approximate surface area is 173 Å². The second-order valence-electron chi connectivity index (χ2n) is 8.46. The summed E-state index contributed by atoms with van der Waals surface area (Å²) in [6, 6.07) is 13.4. The van der Waals surface area contributed by atoms with Crippen LogP contribution >= 0.6 is 0 Å². The van der Waals surface area contributed by atoms with Crippen molar-refractivity contribution in [2.45, 2.75) is 32.0 Å². The lowest BCUT2D eigenvalue weighted by Crippen LogP contribution is -3.12. The molecule has 2 saturated heterocycles. The fraction of sp³-hybridized carbons (Fsp3) is 0.522. The molecule has 3 heterocycles. The Hall–Kier alpha value is -2.15. The van der Waals surface area contributed by atoms with Gasteiger partial charge in [0.25, 0.3) is 5.91 Å². The molecule has 0 radical (unpaired) electrons. The predicted molar refractivity (Wildman–Crippen MR) is 112 cm³/mol. The van der Waals surface area contributed by atoms with Crippen molar-refractivity contribution in [1.82, 2.24) is 9.88 Å². The summed E-state index contributed by atoms with van der Waals surface area (Å²) in [7, 11) is 2.09. The Morgan fingerprint density at radius 1 is 1.14 bits per heavy atom. The van der Waals surface area contributed by atoms with Gasteiger partial charge in [-0.2, -0.15) is 0 Å². The van der Waals surface area contributed by atoms with Gasteiger partial charge in [0.1, 0.15) is 25.7 Å². The number of aromatic nitrogens is 1. The van der Waals surface area contributed by atoms with Crippen LogP contribution in [0.15, 0.2) is 42.6 Å². The summed E-state index contributed by atoms with van der Waals surface area (Å²) in [5.41, 5.74) is 3.85. The maximum Gasteiger partial charge on any atom is 0.275 e. The van der Waals surface area contributed by atoms with Crippen LogP contribution in [0.2, 0.25) is 0 Å². The van der Waals surface area contributed by atoms with Gasteiger partial charge in [-0.1, -0.05) is 24.3 Å². The number of ether oxygens (including phenoxy) is 1. The van der Waals surface area contributed by atoms with Crippen molar-refractivity contribution in [1.29, 1.82) is 0 Å². The van der Waals surface area contributed by atoms with E-state index in [4.69, 9.17) is 4.74 Å². The van der Waals surface area contributed by atoms with E-state index >= 15 is 0 Å². The second kappa shape index (κ2) is 9.57. The number of nitrogens with zero attached hydrogens (tertiary/aromatic N) is 1. The number of benzene rings is 1. The summed E-state index contributed by atoms with van der Waals surface area (Å²) >= 11 is 0. The van der Waals surface area contributed by atoms with E-state index in [9.17, 15) is 4.79 Å². The molecule has 6 heteroatoms. The van der Waals surface area contributed by atoms with E-state index < -0.39 is 0 Å². The van der Waals surface area contributed by atoms with Gasteiger partial charge in [-0.3, -0.25) is 4.79 Å². The molecule has 1 aromatic heterocycles. The molecule has 1 unspecified atom stereocenters. The first-order valence-corrected chi connectivity index (χ1v) is 10.9. The fourth-order valence-electron chi connectivity index (χ4n) is 4.69. The molecular formula is C23H34N4O2+2. The van der Waals surface area contributed by atoms with Gasteiger partial charge in [-0.15, -0.1) is 0 Å². The minimum atomic E-state index is 0.142. The molecule has 4 rings (SSSR count). The van der Waals surface area contributed by atoms with Crippen LogP contribution in [0.1, 0.15) is 35.7 Å². The highest BCUT2D eigenvalue weighted by atomic mass is 16.5. The highest BCUT2D eigenvalue weighted by Gasteiger charge is 2.32. The molecule has 156 valence electrons. The Bertz CT molecular complexity index is 795. The van der Waals surface area contributed by atoms with Crippen LogP contribution < -0.4 is 15.1 Å². The van der Waals surface area contributed by atoms with Crippen molar-refractivity contribution < 1.29 is 19.3 Å². The number of nitrogens with one attached hydrogen (secondary N) is 3. The quantitative estimate of drug-likeness (QED) is 0.588. The molecular weight excluding hydrogens is 364 g/mol. The normalized spacial score (nSPS) is 22.7. The minimum absolute atomic E-state index is 0.142. The Morgan fingerprint density at radius 3 is 2.62 bits per heavy atom. The van der Waals surface area contributed by atoms with Crippen molar-refractivity contribution in [3.63, 3.8) is 0 Å². The van der Waals surface area contributed by atoms with Crippen LogP contribution in [0.4, 0.5) is 0 Å². The number of morpholine rings is 1. The molecule has 1 amide bonds. The van der Waals surface area contributed by atoms with Gasteiger partial charge in [0.2, 0.25) is 0 Å². The Morgan fingerprint density at radius 2 is 1.90 bits per heavy atom. The average molecular weight is 399 g/mol. The lowest BCUT2D eigenvalue weighted by atomic mass is 10.1. The molecule has 2 fully saturated rings. The number of carbonyl (C=O) groups excluding carboxylic acids is 1. The number of hydrogen-bond acceptors (Lipinski definition) is 2. The van der Waals surface area contributed by atoms with Gasteiger partial charge in [0.05, 0.1) is 25.5 Å². The zero-order chi connectivity index (χ0) is 20.1. The number of amides is 1. The first kappa shape index (κ1) is 20.1. The van der Waals surface area contributed by atoms with E-state index in [1.165, 1.54) is 22.6 Å². The monoisotopic (exact) mass is 398 g/mol. The summed E-state index contributed by atoms with van der Waals surface area (Å²) in [4.78, 5) is 15.5. The Kier molecular flexibility index (Phi) is 6.64. The van der Waals surface area contributed by atoms with Gasteiger partial charge in [0, 0.05) is 38.2 Å². The van der Waals surface area contributed by atoms with Gasteiger partial charge in [0.15, 0.2) is 6.54 Å². The van der Waals surface area contributed by atoms with Gasteiger partial charge in [-0.05, 0) is 17.7 Å². The molecule has 29 heavy (non-hydrogen) atoms. The standard InChI is InChI=1S/C23H32N4O2/c1-25-10-2-4-21(25)22-5-3-11-27(22)18-23(28)24-16-19-6-8-20(9-7-19)17-26-12-14-29-15-13-26/h2,4,6-10,22H,3,5,11-18H2,1H3,(H,24,28)/p+2/t22-/m1/s1. The molecule has 2 aromatic rings. The maximum atomic E-state index is 12.5. The molecule has 2 aliphatic heterocycles. The van der Waals surface area contributed by atoms with Crippen molar-refractivity contribution in [3.8, 4) is 0 Å². The number of hydrogen-bond donors (Lipinski definition) is 3. The zero-order valence-corrected chi connectivity index (χ0v) is 17.5. The van der Waals surface area contributed by atoms with Gasteiger partial charge in [-0.25, -0.2) is 0 Å². The van der Waals surface area contributed by atoms with Crippen LogP contribution in [0.25, 0.3) is 0 Å². The van der Waals surface area contributed by atoms with Crippen LogP contribution in [-0.4, -0.2) is 49.9 Å². The van der Waals surface area contributed by atoms with Crippen molar-refractivity contribution in [2.75, 3.05) is 39.4 Å². The van der Waals surface area contributed by atoms with Crippen LogP contribution in [0.5, 0.6) is 0 Å². The fourth-order valence-corrected chi connectivity index (χ4v) is 4.69. The van der Waals surface area contributed by atoms with Crippen LogP contribution in [0, 0.1) is 0 Å². The number of aryl methyl sites for hydroxylation is 1. The summed E-state index contributed by atoms with van der Waals surface area (Å²) in [5.74, 6) is 0.142. The van der Waals surface area contributed by atoms with E-state index in [1.54, 1.807) is 4.90 Å². The third kappa shape index (κ3) is 5.26. The van der Waals surface area contributed by atoms with Crippen molar-refractivity contribution in [3.05, 3.63) is 59.4 Å². The van der Waals surface area contributed by atoms with E-state index in [-0.39, 0.29) is 5.91 Å². The van der Waals surface area contributed by atoms with Crippen molar-refractivity contribution in [2.24, 2.45) is 7.05 Å². The second-order valence-corrected chi connectivity index (χ2v) is 8.46. The van der Waals surface area contributed by atoms with Gasteiger partial charge < -0.3 is 24.4 Å². The van der Waals surface area contributed by atoms with E-state index in [2.05, 4.69) is 59.5 Å². The lowest BCUT2D eigenvalue weighted by molar-refractivity contribution is -0.921. The van der Waals surface area contributed by atoms with Crippen LogP contribution in [0.3, 0.4) is 0 Å². The number of likely N-dealkylation sites (tertiary alicyclic amines) is 1. The maximum absolute atomic E-state index is 12.5. The minimum Gasteiger partial charge on any atom is -0.370 e. The summed E-state index contributed by atoms with van der Waals surface area (Å²) in [5, 5.41) is 3.12. The molecule has 0 saturated carbocycles. The predicted octanol–water partition coefficient (Wildman–Crippen LogP) is -0.524. The molecule has 3 N–H and O–H groups in total. The molecule has 6 nitrogen and oxygen atoms in total. The molecule has 2 atom stereocenters. The highest BCUT2D eigenvalue weighted by Crippen LogP contribution is 2.18. The summed E-state index contributed by atoms with van der Waals surface area (Å²) < 4.78 is 7.62. The lowest BCUT2D eigenvalue weighted by Gasteiger charge is -2.23. The molecule has 0 bridgehead atoms. The number of carbonyl (C=O) groups is 1. The number of quaternary nitrogens is 2. The third-order valence-corrected chi connectivity index (χ3v) is 6.38. The van der Waals surface area contributed by atoms with E-state index in [0.717, 1.165) is 51.4 Å². The topological polar surface area (TPSA) is 52.1 Å². The van der Waals surface area contributed by atoms with E-state index in [1.807, 2.05) is 0 Å². The van der Waals surface area contributed by atoms with Crippen molar-refractivity contribution >= 4 is 5.91 Å². The SMILES string of the molecule is Cn1cccc1[C@H]1CCC[NH+]1CC(=O)NCc1ccc(C[NH+]2CCOCC2)cc1. The largest absolute Gasteiger partial charge is 0.370 e. The zero-order valence-electron chi connectivity index (χ0n) is 17.5. The highest BCUT2D eigenvalue weighted by molar-refractivity contribution is 5.76. The van der Waals surface area contributed by atoms with E-state index in [0.29, 0.717) is 19.1 Å². The molecule has 2 aliphatic rings. The number of rotatable bonds is 7. The molecule has 1 aromatic carbocycles.